The predicted molar refractivity (Wildman–Crippen MR) is 74.6 cm³/mol. The molecule has 1 amide bonds. The number of nitrogens with zero attached hydrogens (tertiary/aromatic N) is 2. The SMILES string of the molecule is CCN(C(=O)c1cccc(OC)n1)C1CCS(=O)(=O)C1. The number of ether oxygens (including phenoxy) is 1. The predicted octanol–water partition coefficient (Wildman–Crippen LogP) is 0.739. The number of methoxy groups -OCH3 is 1. The molecule has 110 valence electrons. The highest BCUT2D eigenvalue weighted by molar-refractivity contribution is 7.91. The van der Waals surface area contributed by atoms with Gasteiger partial charge in [0.15, 0.2) is 9.84 Å². The molecule has 1 aliphatic heterocycles. The summed E-state index contributed by atoms with van der Waals surface area (Å²) in [5.74, 6) is 0.295. The Kier molecular flexibility index (Phi) is 4.27. The Morgan fingerprint density at radius 2 is 2.25 bits per heavy atom. The summed E-state index contributed by atoms with van der Waals surface area (Å²) in [7, 11) is -1.53. The Morgan fingerprint density at radius 3 is 2.80 bits per heavy atom. The molecule has 0 aliphatic carbocycles. The molecule has 2 heterocycles. The fourth-order valence-corrected chi connectivity index (χ4v) is 4.11. The number of sulfone groups is 1. The fraction of sp³-hybridized carbons (Fsp3) is 0.538. The summed E-state index contributed by atoms with van der Waals surface area (Å²) in [6.45, 7) is 2.29. The number of carbonyl (C=O) groups is 1. The van der Waals surface area contributed by atoms with Crippen LogP contribution in [0, 0.1) is 0 Å². The smallest absolute Gasteiger partial charge is 0.272 e. The molecule has 1 aliphatic rings. The van der Waals surface area contributed by atoms with E-state index in [0.717, 1.165) is 0 Å². The average molecular weight is 298 g/mol. The second-order valence-corrected chi connectivity index (χ2v) is 6.94. The molecule has 1 saturated heterocycles. The average Bonchev–Trinajstić information content (AvgIpc) is 2.79. The first-order valence-corrected chi connectivity index (χ1v) is 8.31. The number of hydrogen-bond donors (Lipinski definition) is 0. The van der Waals surface area contributed by atoms with Gasteiger partial charge in [-0.3, -0.25) is 4.79 Å². The molecule has 1 atom stereocenters. The van der Waals surface area contributed by atoms with Crippen molar-refractivity contribution in [1.82, 2.24) is 9.88 Å². The standard InChI is InChI=1S/C13H18N2O4S/c1-3-15(10-7-8-20(17,18)9-10)13(16)11-5-4-6-12(14-11)19-2/h4-6,10H,3,7-9H2,1-2H3. The minimum atomic E-state index is -3.02. The lowest BCUT2D eigenvalue weighted by Gasteiger charge is -2.26. The van der Waals surface area contributed by atoms with Gasteiger partial charge in [0.1, 0.15) is 5.69 Å². The van der Waals surface area contributed by atoms with Crippen molar-refractivity contribution in [2.75, 3.05) is 25.2 Å². The van der Waals surface area contributed by atoms with Crippen molar-refractivity contribution in [3.8, 4) is 5.88 Å². The Morgan fingerprint density at radius 1 is 1.50 bits per heavy atom. The molecule has 0 radical (unpaired) electrons. The molecule has 20 heavy (non-hydrogen) atoms. The first kappa shape index (κ1) is 14.8. The molecule has 0 N–H and O–H groups in total. The summed E-state index contributed by atoms with van der Waals surface area (Å²) < 4.78 is 28.1. The van der Waals surface area contributed by atoms with Crippen molar-refractivity contribution < 1.29 is 17.9 Å². The van der Waals surface area contributed by atoms with E-state index < -0.39 is 9.84 Å². The van der Waals surface area contributed by atoms with E-state index in [1.54, 1.807) is 23.1 Å². The van der Waals surface area contributed by atoms with Crippen LogP contribution in [-0.2, 0) is 9.84 Å². The Bertz CT molecular complexity index is 600. The Labute approximate surface area is 118 Å². The summed E-state index contributed by atoms with van der Waals surface area (Å²) in [6, 6.07) is 4.70. The van der Waals surface area contributed by atoms with Gasteiger partial charge in [-0.15, -0.1) is 0 Å². The molecular formula is C13H18N2O4S. The number of amides is 1. The normalized spacial score (nSPS) is 20.6. The van der Waals surface area contributed by atoms with Gasteiger partial charge in [-0.2, -0.15) is 0 Å². The van der Waals surface area contributed by atoms with E-state index in [1.165, 1.54) is 7.11 Å². The lowest BCUT2D eigenvalue weighted by molar-refractivity contribution is 0.0701. The van der Waals surface area contributed by atoms with Crippen molar-refractivity contribution in [3.05, 3.63) is 23.9 Å². The van der Waals surface area contributed by atoms with Gasteiger partial charge < -0.3 is 9.64 Å². The molecule has 0 aromatic carbocycles. The van der Waals surface area contributed by atoms with Gasteiger partial charge in [0.2, 0.25) is 5.88 Å². The summed E-state index contributed by atoms with van der Waals surface area (Å²) in [6.07, 6.45) is 0.492. The molecule has 1 aromatic rings. The molecule has 2 rings (SSSR count). The van der Waals surface area contributed by atoms with Crippen molar-refractivity contribution >= 4 is 15.7 Å². The number of pyridine rings is 1. The number of hydrogen-bond acceptors (Lipinski definition) is 5. The zero-order valence-corrected chi connectivity index (χ0v) is 12.4. The molecule has 1 unspecified atom stereocenters. The number of carbonyl (C=O) groups excluding carboxylic acids is 1. The Hall–Kier alpha value is -1.63. The van der Waals surface area contributed by atoms with E-state index in [4.69, 9.17) is 4.74 Å². The zero-order chi connectivity index (χ0) is 14.8. The lowest BCUT2D eigenvalue weighted by Crippen LogP contribution is -2.41. The highest BCUT2D eigenvalue weighted by atomic mass is 32.2. The molecule has 0 saturated carbocycles. The summed E-state index contributed by atoms with van der Waals surface area (Å²) in [5, 5.41) is 0. The van der Waals surface area contributed by atoms with E-state index in [2.05, 4.69) is 4.98 Å². The lowest BCUT2D eigenvalue weighted by atomic mass is 10.2. The van der Waals surface area contributed by atoms with Crippen molar-refractivity contribution in [3.63, 3.8) is 0 Å². The third kappa shape index (κ3) is 3.09. The fourth-order valence-electron chi connectivity index (χ4n) is 2.38. The van der Waals surface area contributed by atoms with E-state index in [1.807, 2.05) is 6.92 Å². The first-order valence-electron chi connectivity index (χ1n) is 6.49. The topological polar surface area (TPSA) is 76.6 Å². The summed E-state index contributed by atoms with van der Waals surface area (Å²) in [4.78, 5) is 18.1. The minimum absolute atomic E-state index is 0.0382. The maximum Gasteiger partial charge on any atom is 0.272 e. The maximum atomic E-state index is 12.5. The van der Waals surface area contributed by atoms with Crippen LogP contribution >= 0.6 is 0 Å². The molecular weight excluding hydrogens is 280 g/mol. The quantitative estimate of drug-likeness (QED) is 0.819. The minimum Gasteiger partial charge on any atom is -0.481 e. The van der Waals surface area contributed by atoms with Gasteiger partial charge in [0.25, 0.3) is 5.91 Å². The van der Waals surface area contributed by atoms with Crippen LogP contribution in [0.4, 0.5) is 0 Å². The van der Waals surface area contributed by atoms with Crippen molar-refractivity contribution in [1.29, 1.82) is 0 Å². The van der Waals surface area contributed by atoms with Crippen LogP contribution in [0.1, 0.15) is 23.8 Å². The van der Waals surface area contributed by atoms with Crippen LogP contribution in [0.15, 0.2) is 18.2 Å². The Balaban J connectivity index is 2.21. The monoisotopic (exact) mass is 298 g/mol. The van der Waals surface area contributed by atoms with Gasteiger partial charge in [-0.05, 0) is 19.4 Å². The van der Waals surface area contributed by atoms with E-state index >= 15 is 0 Å². The third-order valence-electron chi connectivity index (χ3n) is 3.40. The second-order valence-electron chi connectivity index (χ2n) is 4.71. The molecule has 7 heteroatoms. The van der Waals surface area contributed by atoms with Crippen LogP contribution in [0.3, 0.4) is 0 Å². The van der Waals surface area contributed by atoms with E-state index in [9.17, 15) is 13.2 Å². The number of rotatable bonds is 4. The second kappa shape index (κ2) is 5.78. The van der Waals surface area contributed by atoms with Gasteiger partial charge in [-0.25, -0.2) is 13.4 Å². The largest absolute Gasteiger partial charge is 0.481 e. The van der Waals surface area contributed by atoms with Crippen LogP contribution in [-0.4, -0.2) is 55.4 Å². The molecule has 1 aromatic heterocycles. The highest BCUT2D eigenvalue weighted by Gasteiger charge is 2.34. The first-order chi connectivity index (χ1) is 9.46. The molecule has 6 nitrogen and oxygen atoms in total. The summed E-state index contributed by atoms with van der Waals surface area (Å²) >= 11 is 0. The third-order valence-corrected chi connectivity index (χ3v) is 5.15. The van der Waals surface area contributed by atoms with Gasteiger partial charge in [0.05, 0.1) is 18.6 Å². The van der Waals surface area contributed by atoms with Crippen molar-refractivity contribution in [2.24, 2.45) is 0 Å². The van der Waals surface area contributed by atoms with E-state index in [-0.39, 0.29) is 29.1 Å². The zero-order valence-electron chi connectivity index (χ0n) is 11.6. The van der Waals surface area contributed by atoms with Crippen LogP contribution in [0.2, 0.25) is 0 Å². The van der Waals surface area contributed by atoms with Crippen molar-refractivity contribution in [2.45, 2.75) is 19.4 Å². The number of aromatic nitrogens is 1. The molecule has 0 bridgehead atoms. The maximum absolute atomic E-state index is 12.5. The van der Waals surface area contributed by atoms with Crippen LogP contribution < -0.4 is 4.74 Å². The molecule has 0 spiro atoms. The summed E-state index contributed by atoms with van der Waals surface area (Å²) in [5.41, 5.74) is 0.274. The van der Waals surface area contributed by atoms with Gasteiger partial charge in [0, 0.05) is 18.7 Å². The van der Waals surface area contributed by atoms with Gasteiger partial charge in [-0.1, -0.05) is 6.07 Å². The van der Waals surface area contributed by atoms with Gasteiger partial charge >= 0.3 is 0 Å². The molecule has 1 fully saturated rings. The van der Waals surface area contributed by atoms with Crippen LogP contribution in [0.25, 0.3) is 0 Å². The highest BCUT2D eigenvalue weighted by Crippen LogP contribution is 2.20. The van der Waals surface area contributed by atoms with E-state index in [0.29, 0.717) is 18.8 Å². The van der Waals surface area contributed by atoms with Crippen LogP contribution in [0.5, 0.6) is 5.88 Å².